The average Bonchev–Trinajstić information content (AvgIpc) is 2.10. The highest BCUT2D eigenvalue weighted by atomic mass is 79.9. The summed E-state index contributed by atoms with van der Waals surface area (Å²) in [6.45, 7) is 1.50. The van der Waals surface area contributed by atoms with E-state index in [0.717, 1.165) is 5.33 Å². The lowest BCUT2D eigenvalue weighted by Gasteiger charge is -1.88. The molecule has 52 valence electrons. The van der Waals surface area contributed by atoms with Gasteiger partial charge in [-0.25, -0.2) is 0 Å². The van der Waals surface area contributed by atoms with Crippen molar-refractivity contribution in [3.63, 3.8) is 0 Å². The van der Waals surface area contributed by atoms with Crippen LogP contribution in [0.1, 0.15) is 5.56 Å². The van der Waals surface area contributed by atoms with Crippen molar-refractivity contribution in [1.29, 1.82) is 0 Å². The fourth-order valence-electron chi connectivity index (χ4n) is 0.567. The monoisotopic (exact) mass is 196 g/mol. The van der Waals surface area contributed by atoms with E-state index in [4.69, 9.17) is 0 Å². The number of hydrogen-bond acceptors (Lipinski definition) is 0. The molecule has 0 atom stereocenters. The summed E-state index contributed by atoms with van der Waals surface area (Å²) in [7, 11) is 4.50. The number of alkyl halides is 1. The molecular formula is C8H10BBr. The van der Waals surface area contributed by atoms with Gasteiger partial charge in [-0.2, -0.15) is 0 Å². The zero-order valence-electron chi connectivity index (χ0n) is 6.05. The van der Waals surface area contributed by atoms with Gasteiger partial charge < -0.3 is 0 Å². The molecule has 0 nitrogen and oxygen atoms in total. The minimum Gasteiger partial charge on any atom is -0.0999 e. The van der Waals surface area contributed by atoms with E-state index in [9.17, 15) is 0 Å². The summed E-state index contributed by atoms with van der Waals surface area (Å²) in [4.78, 5) is 0. The molecule has 0 aromatic heterocycles. The summed E-state index contributed by atoms with van der Waals surface area (Å²) in [6, 6.07) is 10.3. The fraction of sp³-hybridized carbons (Fsp3) is 0.250. The van der Waals surface area contributed by atoms with Crippen LogP contribution >= 0.6 is 15.9 Å². The second kappa shape index (κ2) is 6.88. The molecule has 1 aromatic carbocycles. The van der Waals surface area contributed by atoms with Crippen molar-refractivity contribution in [2.24, 2.45) is 0 Å². The fourth-order valence-corrected chi connectivity index (χ4v) is 0.941. The standard InChI is InChI=1S/C7H7Br.CH3B/c8-6-7-4-2-1-3-5-7;1-2/h1-5H,6H2;1H3. The van der Waals surface area contributed by atoms with E-state index < -0.39 is 0 Å². The Labute approximate surface area is 72.2 Å². The van der Waals surface area contributed by atoms with Gasteiger partial charge in [0.05, 0.1) is 7.85 Å². The van der Waals surface area contributed by atoms with Crippen LogP contribution in [0.3, 0.4) is 0 Å². The van der Waals surface area contributed by atoms with E-state index in [-0.39, 0.29) is 0 Å². The summed E-state index contributed by atoms with van der Waals surface area (Å²) in [5, 5.41) is 0.952. The molecule has 0 aliphatic heterocycles. The van der Waals surface area contributed by atoms with Crippen LogP contribution < -0.4 is 0 Å². The molecule has 1 rings (SSSR count). The smallest absolute Gasteiger partial charge is 0.0606 e. The Morgan fingerprint density at radius 1 is 1.20 bits per heavy atom. The molecule has 1 aromatic rings. The Morgan fingerprint density at radius 3 is 2.00 bits per heavy atom. The average molecular weight is 197 g/mol. The number of hydrogen-bond donors (Lipinski definition) is 0. The number of benzene rings is 1. The van der Waals surface area contributed by atoms with Gasteiger partial charge in [0.1, 0.15) is 0 Å². The Balaban J connectivity index is 0.000000371. The van der Waals surface area contributed by atoms with Crippen molar-refractivity contribution in [2.45, 2.75) is 12.2 Å². The molecule has 0 saturated carbocycles. The summed E-state index contributed by atoms with van der Waals surface area (Å²) in [5.41, 5.74) is 1.33. The van der Waals surface area contributed by atoms with Gasteiger partial charge in [-0.05, 0) is 5.56 Å². The highest BCUT2D eigenvalue weighted by Gasteiger charge is 1.81. The van der Waals surface area contributed by atoms with Gasteiger partial charge in [0, 0.05) is 5.33 Å². The van der Waals surface area contributed by atoms with Gasteiger partial charge in [0.15, 0.2) is 0 Å². The molecule has 0 bridgehead atoms. The Kier molecular flexibility index (Phi) is 6.72. The van der Waals surface area contributed by atoms with Crippen molar-refractivity contribution in [3.8, 4) is 0 Å². The van der Waals surface area contributed by atoms with Gasteiger partial charge in [-0.1, -0.05) is 53.1 Å². The zero-order valence-corrected chi connectivity index (χ0v) is 7.64. The van der Waals surface area contributed by atoms with Gasteiger partial charge in [-0.3, -0.25) is 0 Å². The molecule has 0 N–H and O–H groups in total. The van der Waals surface area contributed by atoms with E-state index in [2.05, 4.69) is 35.9 Å². The molecule has 0 amide bonds. The molecule has 0 aliphatic carbocycles. The highest BCUT2D eigenvalue weighted by Crippen LogP contribution is 2.02. The summed E-state index contributed by atoms with van der Waals surface area (Å²) in [6.07, 6.45) is 0. The van der Waals surface area contributed by atoms with Crippen molar-refractivity contribution in [1.82, 2.24) is 0 Å². The van der Waals surface area contributed by atoms with Crippen LogP contribution in [-0.2, 0) is 5.33 Å². The van der Waals surface area contributed by atoms with Crippen LogP contribution in [0, 0.1) is 0 Å². The van der Waals surface area contributed by atoms with Crippen LogP contribution in [0.15, 0.2) is 30.3 Å². The van der Waals surface area contributed by atoms with Crippen molar-refractivity contribution >= 4 is 23.8 Å². The second-order valence-corrected chi connectivity index (χ2v) is 2.18. The predicted molar refractivity (Wildman–Crippen MR) is 50.7 cm³/mol. The molecule has 0 aliphatic rings. The van der Waals surface area contributed by atoms with Crippen LogP contribution in [0.5, 0.6) is 0 Å². The molecule has 0 unspecified atom stereocenters. The minimum absolute atomic E-state index is 0.952. The molecule has 0 heterocycles. The third kappa shape index (κ3) is 3.73. The lowest BCUT2D eigenvalue weighted by atomic mass is 10.2. The van der Waals surface area contributed by atoms with Gasteiger partial charge >= 0.3 is 0 Å². The third-order valence-corrected chi connectivity index (χ3v) is 1.64. The molecule has 10 heavy (non-hydrogen) atoms. The van der Waals surface area contributed by atoms with E-state index in [1.807, 2.05) is 18.2 Å². The first kappa shape index (κ1) is 9.76. The van der Waals surface area contributed by atoms with E-state index in [0.29, 0.717) is 0 Å². The van der Waals surface area contributed by atoms with Gasteiger partial charge in [-0.15, -0.1) is 0 Å². The maximum Gasteiger partial charge on any atom is 0.0606 e. The van der Waals surface area contributed by atoms with Crippen LogP contribution in [0.4, 0.5) is 0 Å². The molecule has 2 heteroatoms. The topological polar surface area (TPSA) is 0 Å². The maximum absolute atomic E-state index is 4.50. The van der Waals surface area contributed by atoms with E-state index in [1.54, 1.807) is 0 Å². The molecule has 2 radical (unpaired) electrons. The number of rotatable bonds is 1. The number of halogens is 1. The Hall–Kier alpha value is -0.235. The molecule has 0 saturated heterocycles. The van der Waals surface area contributed by atoms with E-state index >= 15 is 0 Å². The normalized spacial score (nSPS) is 7.80. The summed E-state index contributed by atoms with van der Waals surface area (Å²) in [5.74, 6) is 0. The van der Waals surface area contributed by atoms with Gasteiger partial charge in [0.25, 0.3) is 0 Å². The van der Waals surface area contributed by atoms with Crippen molar-refractivity contribution in [2.75, 3.05) is 0 Å². The summed E-state index contributed by atoms with van der Waals surface area (Å²) >= 11 is 3.36. The van der Waals surface area contributed by atoms with Gasteiger partial charge in [0.2, 0.25) is 0 Å². The van der Waals surface area contributed by atoms with Crippen molar-refractivity contribution in [3.05, 3.63) is 35.9 Å². The minimum atomic E-state index is 0.952. The first-order valence-electron chi connectivity index (χ1n) is 3.11. The second-order valence-electron chi connectivity index (χ2n) is 1.62. The van der Waals surface area contributed by atoms with Crippen LogP contribution in [-0.4, -0.2) is 7.85 Å². The Morgan fingerprint density at radius 2 is 1.70 bits per heavy atom. The Bertz CT molecular complexity index is 151. The van der Waals surface area contributed by atoms with Crippen molar-refractivity contribution < 1.29 is 0 Å². The molecule has 0 fully saturated rings. The SMILES string of the molecule is BrCc1ccccc1.[B]C. The van der Waals surface area contributed by atoms with E-state index in [1.165, 1.54) is 12.4 Å². The quantitative estimate of drug-likeness (QED) is 0.479. The zero-order chi connectivity index (χ0) is 7.82. The highest BCUT2D eigenvalue weighted by molar-refractivity contribution is 9.08. The predicted octanol–water partition coefficient (Wildman–Crippen LogP) is 2.78. The largest absolute Gasteiger partial charge is 0.0999 e. The lowest BCUT2D eigenvalue weighted by molar-refractivity contribution is 1.44. The van der Waals surface area contributed by atoms with Crippen LogP contribution in [0.25, 0.3) is 0 Å². The first-order valence-corrected chi connectivity index (χ1v) is 4.23. The maximum atomic E-state index is 4.50. The summed E-state index contributed by atoms with van der Waals surface area (Å²) < 4.78 is 0. The van der Waals surface area contributed by atoms with Crippen LogP contribution in [0.2, 0.25) is 6.82 Å². The lowest BCUT2D eigenvalue weighted by Crippen LogP contribution is -1.70. The molecular weight excluding hydrogens is 187 g/mol. The molecule has 0 spiro atoms. The third-order valence-electron chi connectivity index (χ3n) is 0.997. The first-order chi connectivity index (χ1) is 4.93.